The van der Waals surface area contributed by atoms with Gasteiger partial charge in [-0.25, -0.2) is 0 Å². The zero-order valence-electron chi connectivity index (χ0n) is 23.8. The number of piperazine rings is 1. The summed E-state index contributed by atoms with van der Waals surface area (Å²) in [4.78, 5) is 6.44. The van der Waals surface area contributed by atoms with Gasteiger partial charge in [0.15, 0.2) is 0 Å². The second-order valence-electron chi connectivity index (χ2n) is 11.6. The number of nitrogens with zero attached hydrogens (tertiary/aromatic N) is 3. The third-order valence-electron chi connectivity index (χ3n) is 8.66. The summed E-state index contributed by atoms with van der Waals surface area (Å²) in [6.07, 6.45) is -8.58. The number of hydrogen-bond acceptors (Lipinski definition) is 4. The minimum absolute atomic E-state index is 0.0484. The molecule has 1 N–H and O–H groups in total. The Morgan fingerprint density at radius 3 is 1.95 bits per heavy atom. The van der Waals surface area contributed by atoms with Crippen LogP contribution in [-0.2, 0) is 24.5 Å². The fourth-order valence-corrected chi connectivity index (χ4v) is 6.45. The molecule has 5 rings (SSSR count). The van der Waals surface area contributed by atoms with Crippen molar-refractivity contribution in [3.8, 4) is 0 Å². The topological polar surface area (TPSA) is 30.0 Å². The molecular formula is C32H33Cl2F6N3O. The molecule has 1 unspecified atom stereocenters. The van der Waals surface area contributed by atoms with E-state index in [9.17, 15) is 31.4 Å². The van der Waals surface area contributed by atoms with Crippen LogP contribution < -0.4 is 0 Å². The Hall–Kier alpha value is -2.34. The molecule has 44 heavy (non-hydrogen) atoms. The summed E-state index contributed by atoms with van der Waals surface area (Å²) in [6, 6.07) is 16.5. The molecule has 0 aliphatic carbocycles. The summed E-state index contributed by atoms with van der Waals surface area (Å²) in [5, 5.41) is 12.0. The summed E-state index contributed by atoms with van der Waals surface area (Å²) in [6.45, 7) is 4.20. The van der Waals surface area contributed by atoms with Crippen molar-refractivity contribution in [2.24, 2.45) is 0 Å². The maximum atomic E-state index is 13.5. The third kappa shape index (κ3) is 7.89. The number of aliphatic hydroxyl groups is 1. The van der Waals surface area contributed by atoms with Crippen LogP contribution in [0, 0.1) is 0 Å². The van der Waals surface area contributed by atoms with Gasteiger partial charge >= 0.3 is 12.4 Å². The molecule has 0 spiro atoms. The number of likely N-dealkylation sites (tertiary alicyclic amines) is 1. The van der Waals surface area contributed by atoms with Gasteiger partial charge in [-0.3, -0.25) is 9.80 Å². The highest BCUT2D eigenvalue weighted by atomic mass is 35.5. The smallest absolute Gasteiger partial charge is 0.385 e. The summed E-state index contributed by atoms with van der Waals surface area (Å²) in [7, 11) is 0. The molecule has 12 heteroatoms. The maximum Gasteiger partial charge on any atom is 0.416 e. The molecule has 3 aromatic carbocycles. The quantitative estimate of drug-likeness (QED) is 0.262. The van der Waals surface area contributed by atoms with E-state index in [0.717, 1.165) is 42.9 Å². The van der Waals surface area contributed by atoms with Crippen LogP contribution in [0.2, 0.25) is 10.0 Å². The molecule has 1 atom stereocenters. The van der Waals surface area contributed by atoms with Crippen LogP contribution in [0.15, 0.2) is 66.7 Å². The fourth-order valence-electron chi connectivity index (χ4n) is 6.15. The lowest BCUT2D eigenvalue weighted by molar-refractivity contribution is -0.143. The van der Waals surface area contributed by atoms with Gasteiger partial charge in [-0.15, -0.1) is 0 Å². The van der Waals surface area contributed by atoms with E-state index in [1.54, 1.807) is 12.1 Å². The number of halogens is 8. The normalized spacial score (nSPS) is 20.6. The largest absolute Gasteiger partial charge is 0.416 e. The minimum Gasteiger partial charge on any atom is -0.385 e. The average Bonchev–Trinajstić information content (AvgIpc) is 2.98. The van der Waals surface area contributed by atoms with E-state index in [2.05, 4.69) is 9.80 Å². The molecule has 0 aromatic heterocycles. The van der Waals surface area contributed by atoms with Crippen molar-refractivity contribution in [2.45, 2.75) is 43.4 Å². The van der Waals surface area contributed by atoms with E-state index in [1.807, 2.05) is 41.3 Å². The highest BCUT2D eigenvalue weighted by Gasteiger charge is 2.38. The monoisotopic (exact) mass is 659 g/mol. The van der Waals surface area contributed by atoms with Crippen molar-refractivity contribution in [2.75, 3.05) is 45.8 Å². The van der Waals surface area contributed by atoms with Gasteiger partial charge in [-0.1, -0.05) is 59.6 Å². The fraction of sp³-hybridized carbons (Fsp3) is 0.438. The Balaban J connectivity index is 1.29. The number of alkyl halides is 6. The number of rotatable bonds is 7. The highest BCUT2D eigenvalue weighted by molar-refractivity contribution is 6.42. The molecule has 2 heterocycles. The van der Waals surface area contributed by atoms with Gasteiger partial charge in [0.2, 0.25) is 0 Å². The molecule has 238 valence electrons. The van der Waals surface area contributed by atoms with Gasteiger partial charge in [0.25, 0.3) is 0 Å². The highest BCUT2D eigenvalue weighted by Crippen LogP contribution is 2.38. The minimum atomic E-state index is -4.90. The van der Waals surface area contributed by atoms with Crippen LogP contribution in [-0.4, -0.2) is 65.6 Å². The van der Waals surface area contributed by atoms with Crippen molar-refractivity contribution in [3.63, 3.8) is 0 Å². The Bertz CT molecular complexity index is 1400. The van der Waals surface area contributed by atoms with Crippen molar-refractivity contribution in [1.82, 2.24) is 14.7 Å². The van der Waals surface area contributed by atoms with E-state index in [1.165, 1.54) is 0 Å². The molecule has 2 saturated heterocycles. The SMILES string of the molecule is OC1(c2ccccc2)CCN(CCN2CCN(Cc3cc(C(F)(F)F)cc(C(F)(F)F)c3)CC2c2ccc(Cl)c(Cl)c2)CC1. The molecule has 0 bridgehead atoms. The van der Waals surface area contributed by atoms with Gasteiger partial charge in [0.1, 0.15) is 0 Å². The third-order valence-corrected chi connectivity index (χ3v) is 9.39. The first-order valence-corrected chi connectivity index (χ1v) is 15.2. The van der Waals surface area contributed by atoms with E-state index < -0.39 is 29.1 Å². The molecule has 0 radical (unpaired) electrons. The van der Waals surface area contributed by atoms with Crippen molar-refractivity contribution in [1.29, 1.82) is 0 Å². The Kier molecular flexibility index (Phi) is 9.90. The van der Waals surface area contributed by atoms with Gasteiger partial charge in [0.05, 0.1) is 26.8 Å². The molecule has 0 saturated carbocycles. The first kappa shape index (κ1) is 33.0. The number of hydrogen-bond donors (Lipinski definition) is 1. The lowest BCUT2D eigenvalue weighted by Crippen LogP contribution is -2.51. The van der Waals surface area contributed by atoms with Crippen LogP contribution in [0.4, 0.5) is 26.3 Å². The average molecular weight is 661 g/mol. The predicted octanol–water partition coefficient (Wildman–Crippen LogP) is 7.87. The molecule has 2 aliphatic heterocycles. The number of benzene rings is 3. The molecule has 3 aromatic rings. The van der Waals surface area contributed by atoms with Crippen LogP contribution in [0.25, 0.3) is 0 Å². The first-order chi connectivity index (χ1) is 20.7. The van der Waals surface area contributed by atoms with Gasteiger partial charge in [-0.05, 0) is 59.9 Å². The zero-order valence-corrected chi connectivity index (χ0v) is 25.3. The van der Waals surface area contributed by atoms with E-state index in [0.29, 0.717) is 49.1 Å². The Morgan fingerprint density at radius 1 is 0.727 bits per heavy atom. The van der Waals surface area contributed by atoms with Crippen molar-refractivity contribution < 1.29 is 31.4 Å². The van der Waals surface area contributed by atoms with Crippen LogP contribution in [0.1, 0.15) is 46.7 Å². The predicted molar refractivity (Wildman–Crippen MR) is 159 cm³/mol. The molecule has 0 amide bonds. The Labute approximate surface area is 262 Å². The van der Waals surface area contributed by atoms with E-state index in [4.69, 9.17) is 23.2 Å². The second kappa shape index (κ2) is 13.2. The first-order valence-electron chi connectivity index (χ1n) is 14.4. The van der Waals surface area contributed by atoms with Crippen LogP contribution in [0.5, 0.6) is 0 Å². The second-order valence-corrected chi connectivity index (χ2v) is 12.4. The number of piperidine rings is 1. The van der Waals surface area contributed by atoms with Gasteiger partial charge in [-0.2, -0.15) is 26.3 Å². The molecule has 4 nitrogen and oxygen atoms in total. The maximum absolute atomic E-state index is 13.5. The molecule has 2 fully saturated rings. The van der Waals surface area contributed by atoms with Gasteiger partial charge < -0.3 is 10.0 Å². The summed E-state index contributed by atoms with van der Waals surface area (Å²) in [5.41, 5.74) is -1.76. The molecular weight excluding hydrogens is 627 g/mol. The van der Waals surface area contributed by atoms with Gasteiger partial charge in [0, 0.05) is 58.4 Å². The summed E-state index contributed by atoms with van der Waals surface area (Å²) < 4.78 is 80.7. The van der Waals surface area contributed by atoms with E-state index >= 15 is 0 Å². The lowest BCUT2D eigenvalue weighted by Gasteiger charge is -2.44. The zero-order chi connectivity index (χ0) is 31.7. The Morgan fingerprint density at radius 2 is 1.36 bits per heavy atom. The summed E-state index contributed by atoms with van der Waals surface area (Å²) >= 11 is 12.5. The van der Waals surface area contributed by atoms with E-state index in [-0.39, 0.29) is 24.2 Å². The van der Waals surface area contributed by atoms with Crippen LogP contribution in [0.3, 0.4) is 0 Å². The van der Waals surface area contributed by atoms with Crippen molar-refractivity contribution >= 4 is 23.2 Å². The molecule has 2 aliphatic rings. The lowest BCUT2D eigenvalue weighted by atomic mass is 9.84. The van der Waals surface area contributed by atoms with Crippen molar-refractivity contribution in [3.05, 3.63) is 105 Å². The standard InChI is InChI=1S/C32H33Cl2F6N3O/c33-27-7-6-23(18-28(27)34)29-21-42(20-22-16-25(31(35,36)37)19-26(17-22)32(38,39)40)13-15-43(29)14-12-41-10-8-30(44,9-11-41)24-4-2-1-3-5-24/h1-7,16-19,29,44H,8-15,20-21H2. The summed E-state index contributed by atoms with van der Waals surface area (Å²) in [5.74, 6) is 0. The van der Waals surface area contributed by atoms with Crippen LogP contribution >= 0.6 is 23.2 Å².